The van der Waals surface area contributed by atoms with Crippen LogP contribution in [0.2, 0.25) is 0 Å². The molecule has 0 amide bonds. The van der Waals surface area contributed by atoms with Crippen molar-refractivity contribution in [3.63, 3.8) is 0 Å². The average Bonchev–Trinajstić information content (AvgIpc) is 3.36. The predicted molar refractivity (Wildman–Crippen MR) is 112 cm³/mol. The normalized spacial score (nSPS) is 15.3. The maximum atomic E-state index is 12.2. The highest BCUT2D eigenvalue weighted by molar-refractivity contribution is 7.15. The van der Waals surface area contributed by atoms with Crippen LogP contribution in [0, 0.1) is 0 Å². The van der Waals surface area contributed by atoms with E-state index >= 15 is 0 Å². The van der Waals surface area contributed by atoms with Gasteiger partial charge in [-0.05, 0) is 48.8 Å². The van der Waals surface area contributed by atoms with Gasteiger partial charge in [-0.2, -0.15) is 4.37 Å². The molecule has 1 aliphatic rings. The van der Waals surface area contributed by atoms with Crippen LogP contribution in [0.3, 0.4) is 0 Å². The van der Waals surface area contributed by atoms with Gasteiger partial charge < -0.3 is 4.90 Å². The van der Waals surface area contributed by atoms with Crippen LogP contribution in [-0.2, 0) is 0 Å². The molecule has 1 saturated heterocycles. The number of hydrogen-bond acceptors (Lipinski definition) is 7. The summed E-state index contributed by atoms with van der Waals surface area (Å²) in [4.78, 5) is 29.0. The molecule has 0 aliphatic carbocycles. The van der Waals surface area contributed by atoms with Crippen molar-refractivity contribution in [2.24, 2.45) is 0 Å². The fourth-order valence-corrected chi connectivity index (χ4v) is 5.02. The molecule has 4 rings (SSSR count). The summed E-state index contributed by atoms with van der Waals surface area (Å²) in [5.41, 5.74) is 0. The van der Waals surface area contributed by atoms with Crippen LogP contribution in [0.15, 0.2) is 36.4 Å². The van der Waals surface area contributed by atoms with Crippen molar-refractivity contribution in [2.45, 2.75) is 12.8 Å². The molecule has 2 aromatic heterocycles. The lowest BCUT2D eigenvalue weighted by Crippen LogP contribution is -2.46. The van der Waals surface area contributed by atoms with Gasteiger partial charge in [-0.1, -0.05) is 12.1 Å². The summed E-state index contributed by atoms with van der Waals surface area (Å²) in [5.74, 6) is 1.25. The van der Waals surface area contributed by atoms with Gasteiger partial charge in [0.2, 0.25) is 0 Å². The van der Waals surface area contributed by atoms with Crippen molar-refractivity contribution in [1.82, 2.24) is 9.27 Å². The maximum absolute atomic E-state index is 12.2. The summed E-state index contributed by atoms with van der Waals surface area (Å²) in [5, 5.41) is 1.24. The lowest BCUT2D eigenvalue weighted by molar-refractivity contribution is 0.0978. The van der Waals surface area contributed by atoms with E-state index < -0.39 is 0 Å². The van der Waals surface area contributed by atoms with Crippen molar-refractivity contribution in [1.29, 1.82) is 0 Å². The van der Waals surface area contributed by atoms with Crippen LogP contribution in [0.5, 0.6) is 0 Å². The standard InChI is InChI=1S/C20H21N3O2S2/c24-14-15-7-8-19(26-15)17(25)5-3-9-22-10-12-23(13-11-22)20-16-4-1-2-6-18(16)27-21-20/h1-2,4,6-8,14H,3,5,9-13H2. The number of Topliss-reactive ketones (excluding diaryl/α,β-unsaturated/α-hetero) is 1. The Bertz CT molecular complexity index is 942. The first kappa shape index (κ1) is 18.3. The third-order valence-electron chi connectivity index (χ3n) is 4.93. The highest BCUT2D eigenvalue weighted by Crippen LogP contribution is 2.29. The van der Waals surface area contributed by atoms with E-state index in [-0.39, 0.29) is 5.78 Å². The molecule has 1 aliphatic heterocycles. The summed E-state index contributed by atoms with van der Waals surface area (Å²) in [6.07, 6.45) is 2.19. The van der Waals surface area contributed by atoms with E-state index in [2.05, 4.69) is 38.4 Å². The fourth-order valence-electron chi connectivity index (χ4n) is 3.44. The third-order valence-corrected chi connectivity index (χ3v) is 6.79. The average molecular weight is 400 g/mol. The van der Waals surface area contributed by atoms with Gasteiger partial charge in [0.25, 0.3) is 0 Å². The molecule has 0 atom stereocenters. The molecule has 3 heterocycles. The number of piperazine rings is 1. The number of carbonyl (C=O) groups is 2. The number of anilines is 1. The number of aldehydes is 1. The molecule has 1 aromatic carbocycles. The van der Waals surface area contributed by atoms with Crippen molar-refractivity contribution >= 4 is 50.8 Å². The lowest BCUT2D eigenvalue weighted by Gasteiger charge is -2.35. The summed E-state index contributed by atoms with van der Waals surface area (Å²) >= 11 is 2.85. The molecule has 0 bridgehead atoms. The lowest BCUT2D eigenvalue weighted by atomic mass is 10.1. The minimum Gasteiger partial charge on any atom is -0.353 e. The highest BCUT2D eigenvalue weighted by atomic mass is 32.1. The number of hydrogen-bond donors (Lipinski definition) is 0. The van der Waals surface area contributed by atoms with Crippen molar-refractivity contribution in [3.8, 4) is 0 Å². The molecule has 0 saturated carbocycles. The Morgan fingerprint density at radius 2 is 1.93 bits per heavy atom. The van der Waals surface area contributed by atoms with Crippen molar-refractivity contribution in [2.75, 3.05) is 37.6 Å². The Labute approximate surface area is 166 Å². The molecule has 5 nitrogen and oxygen atoms in total. The number of ketones is 1. The summed E-state index contributed by atoms with van der Waals surface area (Å²) in [6, 6.07) is 11.9. The van der Waals surface area contributed by atoms with E-state index in [1.54, 1.807) is 23.7 Å². The minimum absolute atomic E-state index is 0.140. The van der Waals surface area contributed by atoms with Gasteiger partial charge in [0.1, 0.15) is 5.82 Å². The molecule has 0 unspecified atom stereocenters. The van der Waals surface area contributed by atoms with Gasteiger partial charge in [0.05, 0.1) is 14.5 Å². The van der Waals surface area contributed by atoms with Crippen LogP contribution in [0.25, 0.3) is 10.1 Å². The molecule has 0 N–H and O–H groups in total. The molecular formula is C20H21N3O2S2. The molecular weight excluding hydrogens is 378 g/mol. The molecule has 0 spiro atoms. The molecule has 27 heavy (non-hydrogen) atoms. The Morgan fingerprint density at radius 3 is 2.70 bits per heavy atom. The van der Waals surface area contributed by atoms with Gasteiger partial charge in [-0.3, -0.25) is 14.5 Å². The maximum Gasteiger partial charge on any atom is 0.172 e. The SMILES string of the molecule is O=Cc1ccc(C(=O)CCCN2CCN(c3nsc4ccccc34)CC2)s1. The largest absolute Gasteiger partial charge is 0.353 e. The third kappa shape index (κ3) is 4.10. The van der Waals surface area contributed by atoms with E-state index in [0.717, 1.165) is 51.2 Å². The first-order valence-corrected chi connectivity index (χ1v) is 10.7. The smallest absolute Gasteiger partial charge is 0.172 e. The van der Waals surface area contributed by atoms with E-state index in [1.807, 2.05) is 0 Å². The number of aromatic nitrogens is 1. The first-order chi connectivity index (χ1) is 13.2. The number of thiophene rings is 1. The topological polar surface area (TPSA) is 53.5 Å². The fraction of sp³-hybridized carbons (Fsp3) is 0.350. The predicted octanol–water partition coefficient (Wildman–Crippen LogP) is 3.96. The van der Waals surface area contributed by atoms with Crippen molar-refractivity contribution < 1.29 is 9.59 Å². The molecule has 140 valence electrons. The van der Waals surface area contributed by atoms with Gasteiger partial charge in [0, 0.05) is 38.0 Å². The minimum atomic E-state index is 0.140. The number of rotatable bonds is 7. The Kier molecular flexibility index (Phi) is 5.61. The molecule has 7 heteroatoms. The van der Waals surface area contributed by atoms with Crippen LogP contribution in [-0.4, -0.2) is 54.1 Å². The quantitative estimate of drug-likeness (QED) is 0.445. The van der Waals surface area contributed by atoms with Gasteiger partial charge in [-0.25, -0.2) is 0 Å². The van der Waals surface area contributed by atoms with Crippen LogP contribution >= 0.6 is 22.9 Å². The van der Waals surface area contributed by atoms with E-state index in [9.17, 15) is 9.59 Å². The van der Waals surface area contributed by atoms with Gasteiger partial charge in [-0.15, -0.1) is 11.3 Å². The van der Waals surface area contributed by atoms with Gasteiger partial charge in [0.15, 0.2) is 12.1 Å². The first-order valence-electron chi connectivity index (χ1n) is 9.14. The second-order valence-corrected chi connectivity index (χ2v) is 8.60. The Morgan fingerprint density at radius 1 is 1.11 bits per heavy atom. The van der Waals surface area contributed by atoms with E-state index in [4.69, 9.17) is 0 Å². The zero-order chi connectivity index (χ0) is 18.6. The number of carbonyl (C=O) groups excluding carboxylic acids is 2. The van der Waals surface area contributed by atoms with E-state index in [0.29, 0.717) is 16.2 Å². The Balaban J connectivity index is 1.25. The summed E-state index contributed by atoms with van der Waals surface area (Å²) in [6.45, 7) is 4.86. The number of nitrogens with zero attached hydrogens (tertiary/aromatic N) is 3. The second-order valence-electron chi connectivity index (χ2n) is 6.68. The Hall–Kier alpha value is -2.09. The monoisotopic (exact) mass is 399 g/mol. The highest BCUT2D eigenvalue weighted by Gasteiger charge is 2.20. The van der Waals surface area contributed by atoms with Crippen LogP contribution in [0.4, 0.5) is 5.82 Å². The van der Waals surface area contributed by atoms with Crippen LogP contribution < -0.4 is 4.90 Å². The summed E-state index contributed by atoms with van der Waals surface area (Å²) in [7, 11) is 0. The van der Waals surface area contributed by atoms with Crippen molar-refractivity contribution in [3.05, 3.63) is 46.2 Å². The van der Waals surface area contributed by atoms with Gasteiger partial charge >= 0.3 is 0 Å². The second kappa shape index (κ2) is 8.29. The number of benzene rings is 1. The zero-order valence-electron chi connectivity index (χ0n) is 15.0. The zero-order valence-corrected chi connectivity index (χ0v) is 16.6. The van der Waals surface area contributed by atoms with Crippen LogP contribution in [0.1, 0.15) is 32.2 Å². The number of fused-ring (bicyclic) bond motifs is 1. The molecule has 0 radical (unpaired) electrons. The molecule has 1 fully saturated rings. The molecule has 3 aromatic rings. The van der Waals surface area contributed by atoms with E-state index in [1.165, 1.54) is 21.4 Å². The summed E-state index contributed by atoms with van der Waals surface area (Å²) < 4.78 is 5.89.